The van der Waals surface area contributed by atoms with Crippen molar-refractivity contribution in [3.63, 3.8) is 0 Å². The number of carbonyl (C=O) groups excluding carboxylic acids is 1. The Bertz CT molecular complexity index is 668. The number of amides is 1. The summed E-state index contributed by atoms with van der Waals surface area (Å²) in [4.78, 5) is 12.4. The SMILES string of the molecule is Cc1cc(Br)cc(N)c1NC(=O)c1c(C)nn(C)c1C. The fourth-order valence-electron chi connectivity index (χ4n) is 2.22. The van der Waals surface area contributed by atoms with Crippen LogP contribution in [0.4, 0.5) is 11.4 Å². The first-order valence-corrected chi connectivity index (χ1v) is 6.97. The number of nitrogens with two attached hydrogens (primary N) is 1. The number of aromatic nitrogens is 2. The average molecular weight is 337 g/mol. The molecule has 0 spiro atoms. The molecule has 0 radical (unpaired) electrons. The second kappa shape index (κ2) is 5.28. The fraction of sp³-hybridized carbons (Fsp3) is 0.286. The Hall–Kier alpha value is -1.82. The number of anilines is 2. The molecule has 0 aliphatic heterocycles. The Balaban J connectivity index is 2.38. The molecule has 0 aliphatic rings. The zero-order chi connectivity index (χ0) is 15.0. The minimum absolute atomic E-state index is 0.190. The van der Waals surface area contributed by atoms with Crippen molar-refractivity contribution in [2.45, 2.75) is 20.8 Å². The number of halogens is 1. The lowest BCUT2D eigenvalue weighted by molar-refractivity contribution is 0.102. The third-order valence-electron chi connectivity index (χ3n) is 3.31. The van der Waals surface area contributed by atoms with Gasteiger partial charge in [0.15, 0.2) is 0 Å². The summed E-state index contributed by atoms with van der Waals surface area (Å²) in [5.74, 6) is -0.190. The van der Waals surface area contributed by atoms with Crippen LogP contribution in [-0.4, -0.2) is 15.7 Å². The summed E-state index contributed by atoms with van der Waals surface area (Å²) in [6.07, 6.45) is 0. The molecule has 0 atom stereocenters. The average Bonchev–Trinajstić information content (AvgIpc) is 2.58. The van der Waals surface area contributed by atoms with Crippen molar-refractivity contribution in [2.24, 2.45) is 7.05 Å². The summed E-state index contributed by atoms with van der Waals surface area (Å²) < 4.78 is 2.58. The third kappa shape index (κ3) is 2.56. The molecule has 3 N–H and O–H groups in total. The van der Waals surface area contributed by atoms with E-state index in [4.69, 9.17) is 5.73 Å². The topological polar surface area (TPSA) is 72.9 Å². The van der Waals surface area contributed by atoms with E-state index in [1.54, 1.807) is 10.7 Å². The van der Waals surface area contributed by atoms with Crippen LogP contribution in [-0.2, 0) is 7.05 Å². The van der Waals surface area contributed by atoms with Crippen LogP contribution < -0.4 is 11.1 Å². The molecule has 5 nitrogen and oxygen atoms in total. The molecule has 0 saturated carbocycles. The fourth-order valence-corrected chi connectivity index (χ4v) is 2.81. The van der Waals surface area contributed by atoms with Gasteiger partial charge in [0.2, 0.25) is 0 Å². The van der Waals surface area contributed by atoms with E-state index in [2.05, 4.69) is 26.3 Å². The smallest absolute Gasteiger partial charge is 0.259 e. The molecule has 0 fully saturated rings. The molecule has 0 saturated heterocycles. The number of aryl methyl sites for hydroxylation is 3. The van der Waals surface area contributed by atoms with Gasteiger partial charge in [0.1, 0.15) is 0 Å². The molecule has 0 unspecified atom stereocenters. The number of nitrogens with zero attached hydrogens (tertiary/aromatic N) is 2. The van der Waals surface area contributed by atoms with Crippen LogP contribution in [0.5, 0.6) is 0 Å². The third-order valence-corrected chi connectivity index (χ3v) is 3.76. The van der Waals surface area contributed by atoms with Gasteiger partial charge in [-0.05, 0) is 38.5 Å². The normalized spacial score (nSPS) is 10.7. The van der Waals surface area contributed by atoms with E-state index in [1.165, 1.54) is 0 Å². The standard InChI is InChI=1S/C14H17BrN4O/c1-7-5-10(15)6-11(16)13(7)17-14(20)12-8(2)18-19(4)9(12)3/h5-6H,16H2,1-4H3,(H,17,20). The molecule has 1 aromatic carbocycles. The number of hydrogen-bond donors (Lipinski definition) is 2. The summed E-state index contributed by atoms with van der Waals surface area (Å²) in [5, 5.41) is 7.13. The van der Waals surface area contributed by atoms with Gasteiger partial charge in [-0.15, -0.1) is 0 Å². The van der Waals surface area contributed by atoms with Crippen LogP contribution in [0.2, 0.25) is 0 Å². The second-order valence-corrected chi connectivity index (χ2v) is 5.73. The molecule has 6 heteroatoms. The molecule has 2 aromatic rings. The molecule has 106 valence electrons. The lowest BCUT2D eigenvalue weighted by Gasteiger charge is -2.12. The quantitative estimate of drug-likeness (QED) is 0.828. The maximum atomic E-state index is 12.4. The minimum Gasteiger partial charge on any atom is -0.397 e. The van der Waals surface area contributed by atoms with Crippen LogP contribution in [0.1, 0.15) is 27.3 Å². The largest absolute Gasteiger partial charge is 0.397 e. The predicted molar refractivity (Wildman–Crippen MR) is 83.9 cm³/mol. The highest BCUT2D eigenvalue weighted by molar-refractivity contribution is 9.10. The van der Waals surface area contributed by atoms with Crippen LogP contribution in [0.25, 0.3) is 0 Å². The van der Waals surface area contributed by atoms with Gasteiger partial charge < -0.3 is 11.1 Å². The van der Waals surface area contributed by atoms with E-state index in [-0.39, 0.29) is 5.91 Å². The Kier molecular flexibility index (Phi) is 3.85. The van der Waals surface area contributed by atoms with E-state index in [0.717, 1.165) is 15.7 Å². The number of benzene rings is 1. The number of rotatable bonds is 2. The first-order chi connectivity index (χ1) is 9.31. The van der Waals surface area contributed by atoms with Gasteiger partial charge in [0.05, 0.1) is 22.6 Å². The lowest BCUT2D eigenvalue weighted by Crippen LogP contribution is -2.16. The molecule has 1 heterocycles. The highest BCUT2D eigenvalue weighted by atomic mass is 79.9. The summed E-state index contributed by atoms with van der Waals surface area (Å²) in [5.41, 5.74) is 10.2. The number of nitrogens with one attached hydrogen (secondary N) is 1. The molecule has 0 aliphatic carbocycles. The zero-order valence-corrected chi connectivity index (χ0v) is 13.5. The Morgan fingerprint density at radius 2 is 2.00 bits per heavy atom. The Morgan fingerprint density at radius 1 is 1.35 bits per heavy atom. The van der Waals surface area contributed by atoms with Gasteiger partial charge in [-0.3, -0.25) is 9.48 Å². The maximum absolute atomic E-state index is 12.4. The van der Waals surface area contributed by atoms with Crippen LogP contribution in [0, 0.1) is 20.8 Å². The monoisotopic (exact) mass is 336 g/mol. The van der Waals surface area contributed by atoms with Crippen molar-refractivity contribution >= 4 is 33.2 Å². The van der Waals surface area contributed by atoms with Crippen molar-refractivity contribution in [3.8, 4) is 0 Å². The summed E-state index contributed by atoms with van der Waals surface area (Å²) in [6.45, 7) is 5.59. The van der Waals surface area contributed by atoms with E-state index < -0.39 is 0 Å². The predicted octanol–water partition coefficient (Wildman–Crippen LogP) is 2.94. The van der Waals surface area contributed by atoms with Crippen LogP contribution >= 0.6 is 15.9 Å². The van der Waals surface area contributed by atoms with Crippen molar-refractivity contribution < 1.29 is 4.79 Å². The molecular formula is C14H17BrN4O. The van der Waals surface area contributed by atoms with E-state index in [9.17, 15) is 4.79 Å². The van der Waals surface area contributed by atoms with Crippen LogP contribution in [0.3, 0.4) is 0 Å². The van der Waals surface area contributed by atoms with Crippen molar-refractivity contribution in [3.05, 3.63) is 39.1 Å². The van der Waals surface area contributed by atoms with Crippen molar-refractivity contribution in [2.75, 3.05) is 11.1 Å². The summed E-state index contributed by atoms with van der Waals surface area (Å²) >= 11 is 3.38. The van der Waals surface area contributed by atoms with Gasteiger partial charge in [-0.25, -0.2) is 0 Å². The molecule has 0 bridgehead atoms. The van der Waals surface area contributed by atoms with E-state index in [0.29, 0.717) is 22.6 Å². The maximum Gasteiger partial charge on any atom is 0.259 e. The first-order valence-electron chi connectivity index (χ1n) is 6.18. The van der Waals surface area contributed by atoms with Gasteiger partial charge in [-0.2, -0.15) is 5.10 Å². The highest BCUT2D eigenvalue weighted by Gasteiger charge is 2.19. The Morgan fingerprint density at radius 3 is 2.50 bits per heavy atom. The number of nitrogen functional groups attached to an aromatic ring is 1. The summed E-state index contributed by atoms with van der Waals surface area (Å²) in [6, 6.07) is 3.68. The van der Waals surface area contributed by atoms with Crippen molar-refractivity contribution in [1.82, 2.24) is 9.78 Å². The minimum atomic E-state index is -0.190. The van der Waals surface area contributed by atoms with Gasteiger partial charge in [0.25, 0.3) is 5.91 Å². The molecule has 1 amide bonds. The molecular weight excluding hydrogens is 320 g/mol. The molecule has 1 aromatic heterocycles. The highest BCUT2D eigenvalue weighted by Crippen LogP contribution is 2.28. The second-order valence-electron chi connectivity index (χ2n) is 4.81. The number of hydrogen-bond acceptors (Lipinski definition) is 3. The summed E-state index contributed by atoms with van der Waals surface area (Å²) in [7, 11) is 1.82. The van der Waals surface area contributed by atoms with Gasteiger partial charge in [0, 0.05) is 17.2 Å². The number of carbonyl (C=O) groups is 1. The van der Waals surface area contributed by atoms with Gasteiger partial charge in [-0.1, -0.05) is 15.9 Å². The lowest BCUT2D eigenvalue weighted by atomic mass is 10.1. The van der Waals surface area contributed by atoms with E-state index >= 15 is 0 Å². The molecule has 20 heavy (non-hydrogen) atoms. The first kappa shape index (κ1) is 14.6. The molecule has 2 rings (SSSR count). The van der Waals surface area contributed by atoms with Gasteiger partial charge >= 0.3 is 0 Å². The van der Waals surface area contributed by atoms with E-state index in [1.807, 2.05) is 33.9 Å². The zero-order valence-electron chi connectivity index (χ0n) is 11.9. The Labute approximate surface area is 126 Å². The van der Waals surface area contributed by atoms with Crippen molar-refractivity contribution in [1.29, 1.82) is 0 Å². The van der Waals surface area contributed by atoms with Crippen LogP contribution in [0.15, 0.2) is 16.6 Å².